The lowest BCUT2D eigenvalue weighted by atomic mass is 10.2. The van der Waals surface area contributed by atoms with Crippen LogP contribution in [0.15, 0.2) is 24.5 Å². The van der Waals surface area contributed by atoms with E-state index in [1.54, 1.807) is 6.20 Å². The van der Waals surface area contributed by atoms with E-state index in [-0.39, 0.29) is 6.09 Å². The predicted octanol–water partition coefficient (Wildman–Crippen LogP) is 3.57. The molecule has 4 nitrogen and oxygen atoms in total. The van der Waals surface area contributed by atoms with Gasteiger partial charge in [-0.05, 0) is 50.5 Å². The fraction of sp³-hybridized carbons (Fsp3) is 0.625. The van der Waals surface area contributed by atoms with E-state index in [4.69, 9.17) is 4.74 Å². The van der Waals surface area contributed by atoms with Crippen molar-refractivity contribution in [2.24, 2.45) is 5.92 Å². The van der Waals surface area contributed by atoms with Gasteiger partial charge >= 0.3 is 6.09 Å². The summed E-state index contributed by atoms with van der Waals surface area (Å²) >= 11 is 1.91. The fourth-order valence-electron chi connectivity index (χ4n) is 2.29. The molecule has 1 fully saturated rings. The zero-order valence-electron chi connectivity index (χ0n) is 13.0. The largest absolute Gasteiger partial charge is 0.444 e. The van der Waals surface area contributed by atoms with E-state index >= 15 is 0 Å². The molecule has 0 N–H and O–H groups in total. The molecule has 0 aliphatic carbocycles. The van der Waals surface area contributed by atoms with Gasteiger partial charge < -0.3 is 9.64 Å². The van der Waals surface area contributed by atoms with Crippen LogP contribution in [0.3, 0.4) is 0 Å². The molecule has 5 heteroatoms. The van der Waals surface area contributed by atoms with Crippen LogP contribution < -0.4 is 0 Å². The van der Waals surface area contributed by atoms with Gasteiger partial charge in [-0.15, -0.1) is 0 Å². The first-order valence-electron chi connectivity index (χ1n) is 7.38. The highest BCUT2D eigenvalue weighted by molar-refractivity contribution is 7.98. The van der Waals surface area contributed by atoms with Crippen LogP contribution in [-0.2, 0) is 10.5 Å². The summed E-state index contributed by atoms with van der Waals surface area (Å²) in [6, 6.07) is 4.07. The SMILES string of the molecule is CC(C)(C)OC(=O)N1CCC(CSCc2cccnc2)C1. The molecule has 1 aromatic rings. The van der Waals surface area contributed by atoms with Crippen LogP contribution in [0, 0.1) is 5.92 Å². The topological polar surface area (TPSA) is 42.4 Å². The minimum absolute atomic E-state index is 0.178. The summed E-state index contributed by atoms with van der Waals surface area (Å²) in [7, 11) is 0. The number of pyridine rings is 1. The minimum Gasteiger partial charge on any atom is -0.444 e. The zero-order chi connectivity index (χ0) is 15.3. The molecule has 1 aromatic heterocycles. The molecule has 2 heterocycles. The lowest BCUT2D eigenvalue weighted by Crippen LogP contribution is -2.35. The molecule has 0 radical (unpaired) electrons. The molecule has 21 heavy (non-hydrogen) atoms. The van der Waals surface area contributed by atoms with Gasteiger partial charge in [0.25, 0.3) is 0 Å². The predicted molar refractivity (Wildman–Crippen MR) is 86.3 cm³/mol. The lowest BCUT2D eigenvalue weighted by molar-refractivity contribution is 0.0289. The molecule has 1 saturated heterocycles. The van der Waals surface area contributed by atoms with Crippen molar-refractivity contribution >= 4 is 17.9 Å². The molecular weight excluding hydrogens is 284 g/mol. The number of likely N-dealkylation sites (tertiary alicyclic amines) is 1. The number of amides is 1. The highest BCUT2D eigenvalue weighted by Crippen LogP contribution is 2.24. The highest BCUT2D eigenvalue weighted by atomic mass is 32.2. The minimum atomic E-state index is -0.412. The molecular formula is C16H24N2O2S. The average Bonchev–Trinajstić information content (AvgIpc) is 2.87. The van der Waals surface area contributed by atoms with Crippen LogP contribution in [0.2, 0.25) is 0 Å². The third kappa shape index (κ3) is 5.58. The van der Waals surface area contributed by atoms with Crippen molar-refractivity contribution in [3.05, 3.63) is 30.1 Å². The van der Waals surface area contributed by atoms with E-state index in [0.717, 1.165) is 31.0 Å². The molecule has 1 unspecified atom stereocenters. The number of nitrogens with zero attached hydrogens (tertiary/aromatic N) is 2. The number of carbonyl (C=O) groups is 1. The summed E-state index contributed by atoms with van der Waals surface area (Å²) in [5.74, 6) is 2.63. The van der Waals surface area contributed by atoms with E-state index in [0.29, 0.717) is 5.92 Å². The van der Waals surface area contributed by atoms with Crippen molar-refractivity contribution in [3.8, 4) is 0 Å². The van der Waals surface area contributed by atoms with Crippen LogP contribution in [0.5, 0.6) is 0 Å². The first-order chi connectivity index (χ1) is 9.94. The monoisotopic (exact) mass is 308 g/mol. The number of hydrogen-bond acceptors (Lipinski definition) is 4. The zero-order valence-corrected chi connectivity index (χ0v) is 13.9. The summed E-state index contributed by atoms with van der Waals surface area (Å²) < 4.78 is 5.42. The van der Waals surface area contributed by atoms with E-state index in [1.165, 1.54) is 5.56 Å². The first kappa shape index (κ1) is 16.1. The number of hydrogen-bond donors (Lipinski definition) is 0. The Morgan fingerprint density at radius 3 is 3.00 bits per heavy atom. The second-order valence-corrected chi connectivity index (χ2v) is 7.49. The molecule has 1 aliphatic heterocycles. The van der Waals surface area contributed by atoms with Gasteiger partial charge in [0.15, 0.2) is 0 Å². The molecule has 0 spiro atoms. The smallest absolute Gasteiger partial charge is 0.410 e. The Bertz CT molecular complexity index is 459. The van der Waals surface area contributed by atoms with Crippen molar-refractivity contribution in [3.63, 3.8) is 0 Å². The number of rotatable bonds is 4. The molecule has 0 aromatic carbocycles. The van der Waals surface area contributed by atoms with Gasteiger partial charge in [0.2, 0.25) is 0 Å². The normalized spacial score (nSPS) is 18.8. The Morgan fingerprint density at radius 1 is 1.52 bits per heavy atom. The maximum absolute atomic E-state index is 12.0. The van der Waals surface area contributed by atoms with Crippen LogP contribution in [0.1, 0.15) is 32.8 Å². The third-order valence-electron chi connectivity index (χ3n) is 3.28. The van der Waals surface area contributed by atoms with E-state index in [2.05, 4.69) is 11.1 Å². The van der Waals surface area contributed by atoms with Crippen LogP contribution in [0.4, 0.5) is 4.79 Å². The quantitative estimate of drug-likeness (QED) is 0.853. The summed E-state index contributed by atoms with van der Waals surface area (Å²) in [6.45, 7) is 7.34. The molecule has 1 amide bonds. The van der Waals surface area contributed by atoms with Crippen LogP contribution in [0.25, 0.3) is 0 Å². The maximum atomic E-state index is 12.0. The van der Waals surface area contributed by atoms with Gasteiger partial charge in [-0.25, -0.2) is 4.79 Å². The van der Waals surface area contributed by atoms with E-state index in [1.807, 2.05) is 49.7 Å². The maximum Gasteiger partial charge on any atom is 0.410 e. The Hall–Kier alpha value is -1.23. The first-order valence-corrected chi connectivity index (χ1v) is 8.54. The summed E-state index contributed by atoms with van der Waals surface area (Å²) in [6.07, 6.45) is 4.60. The number of ether oxygens (including phenoxy) is 1. The van der Waals surface area contributed by atoms with Crippen molar-refractivity contribution < 1.29 is 9.53 Å². The number of thioether (sulfide) groups is 1. The molecule has 0 saturated carbocycles. The summed E-state index contributed by atoms with van der Waals surface area (Å²) in [5, 5.41) is 0. The van der Waals surface area contributed by atoms with Gasteiger partial charge in [0, 0.05) is 31.2 Å². The van der Waals surface area contributed by atoms with Crippen molar-refractivity contribution in [1.29, 1.82) is 0 Å². The van der Waals surface area contributed by atoms with Crippen LogP contribution in [-0.4, -0.2) is 40.4 Å². The van der Waals surface area contributed by atoms with Gasteiger partial charge in [-0.1, -0.05) is 6.07 Å². The van der Waals surface area contributed by atoms with Gasteiger partial charge in [-0.2, -0.15) is 11.8 Å². The average molecular weight is 308 g/mol. The van der Waals surface area contributed by atoms with E-state index in [9.17, 15) is 4.79 Å². The molecule has 0 bridgehead atoms. The van der Waals surface area contributed by atoms with Crippen molar-refractivity contribution in [1.82, 2.24) is 9.88 Å². The Balaban J connectivity index is 1.69. The van der Waals surface area contributed by atoms with Crippen molar-refractivity contribution in [2.45, 2.75) is 38.5 Å². The third-order valence-corrected chi connectivity index (χ3v) is 4.53. The van der Waals surface area contributed by atoms with Gasteiger partial charge in [-0.3, -0.25) is 4.98 Å². The standard InChI is InChI=1S/C16H24N2O2S/c1-16(2,3)20-15(19)18-8-6-14(10-18)12-21-11-13-5-4-7-17-9-13/h4-5,7,9,14H,6,8,10-12H2,1-3H3. The fourth-order valence-corrected chi connectivity index (χ4v) is 3.42. The van der Waals surface area contributed by atoms with Crippen LogP contribution >= 0.6 is 11.8 Å². The van der Waals surface area contributed by atoms with Crippen molar-refractivity contribution in [2.75, 3.05) is 18.8 Å². The second kappa shape index (κ2) is 7.16. The Kier molecular flexibility index (Phi) is 5.51. The lowest BCUT2D eigenvalue weighted by Gasteiger charge is -2.24. The molecule has 1 atom stereocenters. The Labute approximate surface area is 131 Å². The van der Waals surface area contributed by atoms with Gasteiger partial charge in [0.1, 0.15) is 5.60 Å². The molecule has 116 valence electrons. The Morgan fingerprint density at radius 2 is 2.33 bits per heavy atom. The molecule has 1 aliphatic rings. The summed E-state index contributed by atoms with van der Waals surface area (Å²) in [5.41, 5.74) is 0.842. The number of aromatic nitrogens is 1. The van der Waals surface area contributed by atoms with Gasteiger partial charge in [0.05, 0.1) is 0 Å². The highest BCUT2D eigenvalue weighted by Gasteiger charge is 2.29. The number of carbonyl (C=O) groups excluding carboxylic acids is 1. The summed E-state index contributed by atoms with van der Waals surface area (Å²) in [4.78, 5) is 17.9. The van der Waals surface area contributed by atoms with E-state index < -0.39 is 5.60 Å². The second-order valence-electron chi connectivity index (χ2n) is 6.46. The molecule has 2 rings (SSSR count).